The maximum absolute atomic E-state index is 2.38. The lowest BCUT2D eigenvalue weighted by Gasteiger charge is -2.11. The predicted molar refractivity (Wildman–Crippen MR) is 92.2 cm³/mol. The van der Waals surface area contributed by atoms with Gasteiger partial charge in [-0.1, -0.05) is 68.0 Å². The standard InChI is InChI=1S/C20H21N/c1-3-4-10-16(2)21-19-14-9-8-13-18(19)15-20(21)17-11-6-5-7-12-17/h5-15H,3-4H2,1-2H3/b16-10+. The van der Waals surface area contributed by atoms with Gasteiger partial charge in [-0.3, -0.25) is 0 Å². The molecule has 0 aliphatic rings. The molecule has 1 heteroatoms. The van der Waals surface area contributed by atoms with Crippen LogP contribution in [-0.4, -0.2) is 4.57 Å². The molecule has 21 heavy (non-hydrogen) atoms. The van der Waals surface area contributed by atoms with Crippen molar-refractivity contribution < 1.29 is 0 Å². The average molecular weight is 275 g/mol. The molecule has 0 fully saturated rings. The third kappa shape index (κ3) is 2.64. The zero-order chi connectivity index (χ0) is 14.7. The Morgan fingerprint density at radius 2 is 1.71 bits per heavy atom. The van der Waals surface area contributed by atoms with Gasteiger partial charge in [-0.2, -0.15) is 0 Å². The van der Waals surface area contributed by atoms with Crippen molar-refractivity contribution in [3.8, 4) is 11.3 Å². The summed E-state index contributed by atoms with van der Waals surface area (Å²) in [6, 6.07) is 21.5. The molecule has 0 atom stereocenters. The summed E-state index contributed by atoms with van der Waals surface area (Å²) < 4.78 is 2.38. The molecule has 1 nitrogen and oxygen atoms in total. The van der Waals surface area contributed by atoms with E-state index in [0.717, 1.165) is 6.42 Å². The summed E-state index contributed by atoms with van der Waals surface area (Å²) in [5, 5.41) is 1.29. The zero-order valence-electron chi connectivity index (χ0n) is 12.7. The van der Waals surface area contributed by atoms with Gasteiger partial charge in [0.05, 0.1) is 11.2 Å². The molecule has 0 spiro atoms. The second kappa shape index (κ2) is 6.01. The van der Waals surface area contributed by atoms with E-state index in [4.69, 9.17) is 0 Å². The first-order chi connectivity index (χ1) is 10.3. The topological polar surface area (TPSA) is 4.93 Å². The van der Waals surface area contributed by atoms with Crippen molar-refractivity contribution in [1.29, 1.82) is 0 Å². The summed E-state index contributed by atoms with van der Waals surface area (Å²) in [7, 11) is 0. The van der Waals surface area contributed by atoms with E-state index in [1.165, 1.54) is 34.3 Å². The third-order valence-corrected chi connectivity index (χ3v) is 3.86. The molecule has 0 bridgehead atoms. The van der Waals surface area contributed by atoms with Crippen molar-refractivity contribution in [1.82, 2.24) is 4.57 Å². The molecule has 1 aromatic heterocycles. The largest absolute Gasteiger partial charge is 0.314 e. The first-order valence-electron chi connectivity index (χ1n) is 7.64. The van der Waals surface area contributed by atoms with Gasteiger partial charge in [-0.15, -0.1) is 0 Å². The highest BCUT2D eigenvalue weighted by Crippen LogP contribution is 2.31. The molecule has 0 radical (unpaired) electrons. The molecule has 0 amide bonds. The highest BCUT2D eigenvalue weighted by atomic mass is 15.0. The minimum absolute atomic E-state index is 1.12. The first-order valence-corrected chi connectivity index (χ1v) is 7.64. The fourth-order valence-electron chi connectivity index (χ4n) is 2.80. The number of unbranched alkanes of at least 4 members (excludes halogenated alkanes) is 1. The number of aromatic nitrogens is 1. The highest BCUT2D eigenvalue weighted by molar-refractivity contribution is 5.90. The number of hydrogen-bond acceptors (Lipinski definition) is 0. The average Bonchev–Trinajstić information content (AvgIpc) is 2.93. The lowest BCUT2D eigenvalue weighted by Crippen LogP contribution is -1.96. The predicted octanol–water partition coefficient (Wildman–Crippen LogP) is 5.97. The van der Waals surface area contributed by atoms with Gasteiger partial charge in [0.25, 0.3) is 0 Å². The number of para-hydroxylation sites is 1. The summed E-state index contributed by atoms with van der Waals surface area (Å²) in [6.45, 7) is 4.42. The van der Waals surface area contributed by atoms with Crippen LogP contribution in [0.2, 0.25) is 0 Å². The van der Waals surface area contributed by atoms with Crippen LogP contribution in [-0.2, 0) is 0 Å². The number of hydrogen-bond donors (Lipinski definition) is 0. The van der Waals surface area contributed by atoms with E-state index in [0.29, 0.717) is 0 Å². The van der Waals surface area contributed by atoms with Crippen LogP contribution in [0.4, 0.5) is 0 Å². The van der Waals surface area contributed by atoms with Gasteiger partial charge in [-0.05, 0) is 31.0 Å². The van der Waals surface area contributed by atoms with Crippen LogP contribution in [0.1, 0.15) is 26.7 Å². The molecule has 0 saturated carbocycles. The molecule has 3 aromatic rings. The smallest absolute Gasteiger partial charge is 0.0537 e. The normalized spacial score (nSPS) is 12.0. The second-order valence-electron chi connectivity index (χ2n) is 5.42. The van der Waals surface area contributed by atoms with Gasteiger partial charge in [0, 0.05) is 11.1 Å². The maximum atomic E-state index is 2.38. The Bertz CT molecular complexity index is 763. The Morgan fingerprint density at radius 1 is 1.00 bits per heavy atom. The molecule has 0 aliphatic carbocycles. The van der Waals surface area contributed by atoms with Crippen molar-refractivity contribution in [2.75, 3.05) is 0 Å². The zero-order valence-corrected chi connectivity index (χ0v) is 12.7. The number of rotatable bonds is 4. The summed E-state index contributed by atoms with van der Waals surface area (Å²) in [5.74, 6) is 0. The minimum Gasteiger partial charge on any atom is -0.314 e. The van der Waals surface area contributed by atoms with Crippen LogP contribution >= 0.6 is 0 Å². The molecular formula is C20H21N. The van der Waals surface area contributed by atoms with Crippen LogP contribution < -0.4 is 0 Å². The van der Waals surface area contributed by atoms with Gasteiger partial charge >= 0.3 is 0 Å². The van der Waals surface area contributed by atoms with Crippen LogP contribution in [0.15, 0.2) is 66.7 Å². The number of fused-ring (bicyclic) bond motifs is 1. The molecule has 2 aromatic carbocycles. The monoisotopic (exact) mass is 275 g/mol. The molecule has 106 valence electrons. The lowest BCUT2D eigenvalue weighted by molar-refractivity contribution is 0.950. The van der Waals surface area contributed by atoms with Crippen molar-refractivity contribution in [2.24, 2.45) is 0 Å². The van der Waals surface area contributed by atoms with Crippen LogP contribution in [0.3, 0.4) is 0 Å². The molecule has 0 unspecified atom stereocenters. The summed E-state index contributed by atoms with van der Waals surface area (Å²) in [6.07, 6.45) is 4.63. The molecular weight excluding hydrogens is 254 g/mol. The Hall–Kier alpha value is -2.28. The van der Waals surface area contributed by atoms with Gasteiger partial charge in [0.15, 0.2) is 0 Å². The molecule has 0 aliphatic heterocycles. The van der Waals surface area contributed by atoms with Crippen LogP contribution in [0.5, 0.6) is 0 Å². The SMILES string of the molecule is CCC/C=C(\C)n1c(-c2ccccc2)cc2ccccc21. The Balaban J connectivity index is 2.24. The Kier molecular flexibility index (Phi) is 3.92. The molecule has 0 saturated heterocycles. The van der Waals surface area contributed by atoms with E-state index in [-0.39, 0.29) is 0 Å². The second-order valence-corrected chi connectivity index (χ2v) is 5.42. The van der Waals surface area contributed by atoms with Crippen LogP contribution in [0.25, 0.3) is 27.9 Å². The molecule has 1 heterocycles. The van der Waals surface area contributed by atoms with Gasteiger partial charge in [-0.25, -0.2) is 0 Å². The third-order valence-electron chi connectivity index (χ3n) is 3.86. The molecule has 0 N–H and O–H groups in total. The van der Waals surface area contributed by atoms with Crippen LogP contribution in [0, 0.1) is 0 Å². The summed E-state index contributed by atoms with van der Waals surface area (Å²) in [5.41, 5.74) is 5.11. The quantitative estimate of drug-likeness (QED) is 0.553. The molecule has 3 rings (SSSR count). The maximum Gasteiger partial charge on any atom is 0.0537 e. The van der Waals surface area contributed by atoms with Crippen molar-refractivity contribution in [3.63, 3.8) is 0 Å². The lowest BCUT2D eigenvalue weighted by atomic mass is 10.1. The summed E-state index contributed by atoms with van der Waals surface area (Å²) in [4.78, 5) is 0. The fraction of sp³-hybridized carbons (Fsp3) is 0.200. The van der Waals surface area contributed by atoms with E-state index >= 15 is 0 Å². The number of nitrogens with zero attached hydrogens (tertiary/aromatic N) is 1. The Labute approximate surface area is 126 Å². The van der Waals surface area contributed by atoms with E-state index in [1.807, 2.05) is 0 Å². The van der Waals surface area contributed by atoms with E-state index < -0.39 is 0 Å². The highest BCUT2D eigenvalue weighted by Gasteiger charge is 2.11. The van der Waals surface area contributed by atoms with Crippen molar-refractivity contribution in [2.45, 2.75) is 26.7 Å². The minimum atomic E-state index is 1.12. The first kappa shape index (κ1) is 13.7. The van der Waals surface area contributed by atoms with Gasteiger partial charge in [0.2, 0.25) is 0 Å². The van der Waals surface area contributed by atoms with Crippen molar-refractivity contribution in [3.05, 3.63) is 66.7 Å². The van der Waals surface area contributed by atoms with E-state index in [9.17, 15) is 0 Å². The van der Waals surface area contributed by atoms with Gasteiger partial charge in [0.1, 0.15) is 0 Å². The van der Waals surface area contributed by atoms with E-state index in [1.54, 1.807) is 0 Å². The van der Waals surface area contributed by atoms with E-state index in [2.05, 4.69) is 85.2 Å². The number of benzene rings is 2. The fourth-order valence-corrected chi connectivity index (χ4v) is 2.80. The Morgan fingerprint density at radius 3 is 2.48 bits per heavy atom. The van der Waals surface area contributed by atoms with Gasteiger partial charge < -0.3 is 4.57 Å². The number of allylic oxidation sites excluding steroid dienone is 2. The van der Waals surface area contributed by atoms with Crippen molar-refractivity contribution >= 4 is 16.6 Å². The summed E-state index contributed by atoms with van der Waals surface area (Å²) >= 11 is 0.